The van der Waals surface area contributed by atoms with E-state index >= 15 is 0 Å². The minimum Gasteiger partial charge on any atom is -0.384 e. The zero-order valence-electron chi connectivity index (χ0n) is 12.0. The summed E-state index contributed by atoms with van der Waals surface area (Å²) in [5, 5.41) is 3.55. The van der Waals surface area contributed by atoms with E-state index in [2.05, 4.69) is 42.3 Å². The van der Waals surface area contributed by atoms with E-state index in [1.54, 1.807) is 0 Å². The lowest BCUT2D eigenvalue weighted by atomic mass is 9.91. The largest absolute Gasteiger partial charge is 0.384 e. The number of hydrogen-bond donors (Lipinski definition) is 1. The van der Waals surface area contributed by atoms with Crippen molar-refractivity contribution in [3.05, 3.63) is 29.3 Å². The van der Waals surface area contributed by atoms with Gasteiger partial charge in [-0.05, 0) is 35.8 Å². The Labute approximate surface area is 123 Å². The first-order chi connectivity index (χ1) is 8.72. The summed E-state index contributed by atoms with van der Waals surface area (Å²) in [6.45, 7) is 9.51. The van der Waals surface area contributed by atoms with Crippen molar-refractivity contribution in [2.45, 2.75) is 33.2 Å². The SMILES string of the molecule is CC1CC(C)CN(Cc2cccc3c2NCC3)C1.Cl. The summed E-state index contributed by atoms with van der Waals surface area (Å²) in [6, 6.07) is 6.78. The molecule has 2 atom stereocenters. The fourth-order valence-electron chi connectivity index (χ4n) is 3.70. The van der Waals surface area contributed by atoms with Crippen LogP contribution in [0.5, 0.6) is 0 Å². The summed E-state index contributed by atoms with van der Waals surface area (Å²) >= 11 is 0. The molecule has 0 radical (unpaired) electrons. The van der Waals surface area contributed by atoms with Gasteiger partial charge in [0.05, 0.1) is 0 Å². The van der Waals surface area contributed by atoms with Crippen molar-refractivity contribution in [1.29, 1.82) is 0 Å². The molecule has 1 aromatic rings. The number of piperidine rings is 1. The van der Waals surface area contributed by atoms with E-state index in [1.807, 2.05) is 0 Å². The molecule has 0 amide bonds. The van der Waals surface area contributed by atoms with Gasteiger partial charge >= 0.3 is 0 Å². The van der Waals surface area contributed by atoms with Gasteiger partial charge in [0.1, 0.15) is 0 Å². The number of benzene rings is 1. The third-order valence-electron chi connectivity index (χ3n) is 4.27. The first-order valence-electron chi connectivity index (χ1n) is 7.29. The topological polar surface area (TPSA) is 15.3 Å². The average molecular weight is 281 g/mol. The molecule has 2 aliphatic rings. The number of hydrogen-bond acceptors (Lipinski definition) is 2. The third-order valence-corrected chi connectivity index (χ3v) is 4.27. The van der Waals surface area contributed by atoms with Gasteiger partial charge in [-0.2, -0.15) is 0 Å². The van der Waals surface area contributed by atoms with E-state index in [9.17, 15) is 0 Å². The van der Waals surface area contributed by atoms with E-state index in [1.165, 1.54) is 42.7 Å². The van der Waals surface area contributed by atoms with Crippen LogP contribution in [0.1, 0.15) is 31.4 Å². The number of nitrogens with one attached hydrogen (secondary N) is 1. The highest BCUT2D eigenvalue weighted by Gasteiger charge is 2.23. The van der Waals surface area contributed by atoms with Crippen LogP contribution in [0, 0.1) is 11.8 Å². The van der Waals surface area contributed by atoms with Crippen LogP contribution in [0.4, 0.5) is 5.69 Å². The minimum atomic E-state index is 0. The molecule has 1 N–H and O–H groups in total. The second-order valence-electron chi connectivity index (χ2n) is 6.27. The number of anilines is 1. The first kappa shape index (κ1) is 14.7. The van der Waals surface area contributed by atoms with E-state index in [4.69, 9.17) is 0 Å². The highest BCUT2D eigenvalue weighted by Crippen LogP contribution is 2.29. The van der Waals surface area contributed by atoms with Crippen LogP contribution in [0.3, 0.4) is 0 Å². The summed E-state index contributed by atoms with van der Waals surface area (Å²) < 4.78 is 0. The Hall–Kier alpha value is -0.730. The molecule has 106 valence electrons. The van der Waals surface area contributed by atoms with Crippen molar-refractivity contribution in [3.8, 4) is 0 Å². The summed E-state index contributed by atoms with van der Waals surface area (Å²) in [5.74, 6) is 1.69. The molecule has 2 unspecified atom stereocenters. The second kappa shape index (κ2) is 6.15. The third kappa shape index (κ3) is 3.24. The smallest absolute Gasteiger partial charge is 0.0419 e. The van der Waals surface area contributed by atoms with Crippen LogP contribution in [-0.4, -0.2) is 24.5 Å². The zero-order valence-corrected chi connectivity index (χ0v) is 12.8. The van der Waals surface area contributed by atoms with Crippen LogP contribution >= 0.6 is 12.4 Å². The highest BCUT2D eigenvalue weighted by atomic mass is 35.5. The number of para-hydroxylation sites is 1. The lowest BCUT2D eigenvalue weighted by Crippen LogP contribution is -2.38. The van der Waals surface area contributed by atoms with Gasteiger partial charge in [-0.1, -0.05) is 32.0 Å². The van der Waals surface area contributed by atoms with Gasteiger partial charge in [0.25, 0.3) is 0 Å². The van der Waals surface area contributed by atoms with Crippen LogP contribution < -0.4 is 5.32 Å². The maximum atomic E-state index is 3.55. The number of fused-ring (bicyclic) bond motifs is 1. The molecule has 0 bridgehead atoms. The van der Waals surface area contributed by atoms with Crippen molar-refractivity contribution in [2.24, 2.45) is 11.8 Å². The molecule has 1 fully saturated rings. The Morgan fingerprint density at radius 1 is 1.21 bits per heavy atom. The monoisotopic (exact) mass is 280 g/mol. The predicted octanol–water partition coefficient (Wildman–Crippen LogP) is 3.55. The molecule has 0 spiro atoms. The number of nitrogens with zero attached hydrogens (tertiary/aromatic N) is 1. The van der Waals surface area contributed by atoms with Crippen molar-refractivity contribution < 1.29 is 0 Å². The van der Waals surface area contributed by atoms with Gasteiger partial charge in [-0.3, -0.25) is 4.90 Å². The molecule has 0 saturated carbocycles. The standard InChI is InChI=1S/C16H24N2.ClH/c1-12-8-13(2)10-18(9-12)11-15-5-3-4-14-6-7-17-16(14)15;/h3-5,12-13,17H,6-11H2,1-2H3;1H. The van der Waals surface area contributed by atoms with Gasteiger partial charge in [0, 0.05) is 31.9 Å². The number of halogens is 1. The molecular weight excluding hydrogens is 256 g/mol. The fourth-order valence-corrected chi connectivity index (χ4v) is 3.70. The van der Waals surface area contributed by atoms with Gasteiger partial charge in [0.15, 0.2) is 0 Å². The molecule has 2 heterocycles. The minimum absolute atomic E-state index is 0. The van der Waals surface area contributed by atoms with Gasteiger partial charge in [-0.25, -0.2) is 0 Å². The quantitative estimate of drug-likeness (QED) is 0.891. The second-order valence-corrected chi connectivity index (χ2v) is 6.27. The average Bonchev–Trinajstić information content (AvgIpc) is 2.76. The Bertz CT molecular complexity index is 423. The normalized spacial score (nSPS) is 26.4. The highest BCUT2D eigenvalue weighted by molar-refractivity contribution is 5.85. The van der Waals surface area contributed by atoms with Gasteiger partial charge in [0.2, 0.25) is 0 Å². The van der Waals surface area contributed by atoms with Crippen molar-refractivity contribution in [2.75, 3.05) is 25.0 Å². The fraction of sp³-hybridized carbons (Fsp3) is 0.625. The Morgan fingerprint density at radius 2 is 1.95 bits per heavy atom. The van der Waals surface area contributed by atoms with E-state index in [-0.39, 0.29) is 12.4 Å². The Balaban J connectivity index is 0.00000133. The van der Waals surface area contributed by atoms with E-state index < -0.39 is 0 Å². The summed E-state index contributed by atoms with van der Waals surface area (Å²) in [4.78, 5) is 2.63. The summed E-state index contributed by atoms with van der Waals surface area (Å²) in [6.07, 6.45) is 2.58. The molecule has 0 aromatic heterocycles. The molecular formula is C16H25ClN2. The predicted molar refractivity (Wildman–Crippen MR) is 84.1 cm³/mol. The van der Waals surface area contributed by atoms with Crippen molar-refractivity contribution >= 4 is 18.1 Å². The van der Waals surface area contributed by atoms with Crippen LogP contribution in [-0.2, 0) is 13.0 Å². The molecule has 0 aliphatic carbocycles. The summed E-state index contributed by atoms with van der Waals surface area (Å²) in [5.41, 5.74) is 4.42. The van der Waals surface area contributed by atoms with Gasteiger partial charge in [-0.15, -0.1) is 12.4 Å². The van der Waals surface area contributed by atoms with E-state index in [0.717, 1.165) is 24.9 Å². The first-order valence-corrected chi connectivity index (χ1v) is 7.29. The molecule has 2 aliphatic heterocycles. The van der Waals surface area contributed by atoms with Crippen LogP contribution in [0.2, 0.25) is 0 Å². The molecule has 1 aromatic carbocycles. The molecule has 2 nitrogen and oxygen atoms in total. The molecule has 3 rings (SSSR count). The summed E-state index contributed by atoms with van der Waals surface area (Å²) in [7, 11) is 0. The van der Waals surface area contributed by atoms with Crippen LogP contribution in [0.25, 0.3) is 0 Å². The number of likely N-dealkylation sites (tertiary alicyclic amines) is 1. The zero-order chi connectivity index (χ0) is 12.5. The lowest BCUT2D eigenvalue weighted by Gasteiger charge is -2.35. The number of rotatable bonds is 2. The van der Waals surface area contributed by atoms with Gasteiger partial charge < -0.3 is 5.32 Å². The molecule has 1 saturated heterocycles. The maximum absolute atomic E-state index is 3.55. The molecule has 3 heteroatoms. The van der Waals surface area contributed by atoms with Crippen molar-refractivity contribution in [1.82, 2.24) is 4.90 Å². The molecule has 19 heavy (non-hydrogen) atoms. The Kier molecular flexibility index (Phi) is 4.75. The van der Waals surface area contributed by atoms with Crippen LogP contribution in [0.15, 0.2) is 18.2 Å². The maximum Gasteiger partial charge on any atom is 0.0419 e. The lowest BCUT2D eigenvalue weighted by molar-refractivity contribution is 0.134. The van der Waals surface area contributed by atoms with Crippen molar-refractivity contribution in [3.63, 3.8) is 0 Å². The Morgan fingerprint density at radius 3 is 2.68 bits per heavy atom. The van der Waals surface area contributed by atoms with E-state index in [0.29, 0.717) is 0 Å².